The molecule has 1 aromatic heterocycles. The molecule has 2 heterocycles. The molecule has 2 amide bonds. The third-order valence-corrected chi connectivity index (χ3v) is 5.13. The molecule has 1 aliphatic heterocycles. The van der Waals surface area contributed by atoms with Crippen molar-refractivity contribution in [2.45, 2.75) is 31.5 Å². The third kappa shape index (κ3) is 6.31. The molecule has 2 aromatic rings. The van der Waals surface area contributed by atoms with Crippen LogP contribution in [0.1, 0.15) is 22.3 Å². The number of rotatable bonds is 6. The number of carbonyl (C=O) groups is 2. The number of carbonyl (C=O) groups excluding carboxylic acids is 2. The van der Waals surface area contributed by atoms with E-state index in [0.717, 1.165) is 12.1 Å². The first-order valence-electron chi connectivity index (χ1n) is 9.40. The number of halogens is 5. The van der Waals surface area contributed by atoms with Gasteiger partial charge in [0.25, 0.3) is 5.91 Å². The van der Waals surface area contributed by atoms with Crippen molar-refractivity contribution in [1.29, 1.82) is 0 Å². The minimum Gasteiger partial charge on any atom is -0.471 e. The fourth-order valence-electron chi connectivity index (χ4n) is 3.18. The number of amides is 2. The van der Waals surface area contributed by atoms with Crippen molar-refractivity contribution in [1.82, 2.24) is 9.88 Å². The molecule has 12 heteroatoms. The molecule has 7 nitrogen and oxygen atoms in total. The molecular formula is C20H18BrF4N3O4. The summed E-state index contributed by atoms with van der Waals surface area (Å²) in [6.07, 6.45) is -5.83. The lowest BCUT2D eigenvalue weighted by Gasteiger charge is -2.34. The lowest BCUT2D eigenvalue weighted by atomic mass is 10.0. The van der Waals surface area contributed by atoms with Crippen LogP contribution in [-0.2, 0) is 11.2 Å². The van der Waals surface area contributed by atoms with E-state index in [4.69, 9.17) is 10.5 Å². The van der Waals surface area contributed by atoms with Gasteiger partial charge in [-0.25, -0.2) is 9.37 Å². The highest BCUT2D eigenvalue weighted by molar-refractivity contribution is 9.10. The van der Waals surface area contributed by atoms with Gasteiger partial charge in [0.05, 0.1) is 13.0 Å². The molecule has 0 spiro atoms. The highest BCUT2D eigenvalue weighted by Crippen LogP contribution is 2.26. The molecule has 0 unspecified atom stereocenters. The van der Waals surface area contributed by atoms with Gasteiger partial charge in [-0.1, -0.05) is 12.1 Å². The zero-order chi connectivity index (χ0) is 23.5. The first kappa shape index (κ1) is 23.8. The number of aromatic nitrogens is 1. The summed E-state index contributed by atoms with van der Waals surface area (Å²) < 4.78 is 61.2. The van der Waals surface area contributed by atoms with Gasteiger partial charge in [-0.3, -0.25) is 9.59 Å². The fourth-order valence-corrected chi connectivity index (χ4v) is 3.51. The zero-order valence-corrected chi connectivity index (χ0v) is 18.0. The summed E-state index contributed by atoms with van der Waals surface area (Å²) in [5, 5.41) is 0. The molecule has 0 bridgehead atoms. The molecule has 172 valence electrons. The van der Waals surface area contributed by atoms with E-state index >= 15 is 0 Å². The molecular weight excluding hydrogens is 502 g/mol. The molecule has 1 saturated heterocycles. The standard InChI is InChI=1S/C20H18BrF4N3O4/c21-12-8-14(18(26)30)19(27-9-12)31-16-5-6-28(10-15(16)22)17(29)7-11-1-3-13(4-2-11)32-20(23,24)25/h1-4,8-9,15-16H,5-7,10H2,(H2,26,30)/t15-,16+/m1/s1. The van der Waals surface area contributed by atoms with Gasteiger partial charge in [0.15, 0.2) is 6.17 Å². The van der Waals surface area contributed by atoms with Gasteiger partial charge in [0.2, 0.25) is 11.8 Å². The molecule has 3 rings (SSSR count). The van der Waals surface area contributed by atoms with Crippen LogP contribution in [0.4, 0.5) is 17.6 Å². The Kier molecular flexibility index (Phi) is 7.22. The summed E-state index contributed by atoms with van der Waals surface area (Å²) in [5.41, 5.74) is 5.77. The van der Waals surface area contributed by atoms with E-state index in [1.807, 2.05) is 0 Å². The van der Waals surface area contributed by atoms with Gasteiger partial charge in [0, 0.05) is 23.6 Å². The first-order valence-corrected chi connectivity index (χ1v) is 10.2. The third-order valence-electron chi connectivity index (χ3n) is 4.69. The van der Waals surface area contributed by atoms with Crippen LogP contribution in [0.2, 0.25) is 0 Å². The van der Waals surface area contributed by atoms with E-state index in [9.17, 15) is 27.2 Å². The number of primary amides is 1. The number of hydrogen-bond donors (Lipinski definition) is 1. The molecule has 1 aliphatic rings. The van der Waals surface area contributed by atoms with Crippen LogP contribution in [-0.4, -0.2) is 53.4 Å². The summed E-state index contributed by atoms with van der Waals surface area (Å²) in [7, 11) is 0. The zero-order valence-electron chi connectivity index (χ0n) is 16.4. The average molecular weight is 520 g/mol. The number of nitrogens with two attached hydrogens (primary N) is 1. The Hall–Kier alpha value is -2.89. The summed E-state index contributed by atoms with van der Waals surface area (Å²) in [5.74, 6) is -1.64. The van der Waals surface area contributed by atoms with Crippen LogP contribution < -0.4 is 15.2 Å². The minimum atomic E-state index is -4.80. The maximum atomic E-state index is 14.7. The molecule has 0 aliphatic carbocycles. The van der Waals surface area contributed by atoms with Crippen LogP contribution in [0.15, 0.2) is 41.0 Å². The molecule has 32 heavy (non-hydrogen) atoms. The van der Waals surface area contributed by atoms with Crippen molar-refractivity contribution in [3.05, 3.63) is 52.1 Å². The number of piperidine rings is 1. The van der Waals surface area contributed by atoms with Crippen LogP contribution >= 0.6 is 15.9 Å². The quantitative estimate of drug-likeness (QED) is 0.590. The van der Waals surface area contributed by atoms with Gasteiger partial charge < -0.3 is 20.1 Å². The highest BCUT2D eigenvalue weighted by Gasteiger charge is 2.34. The molecule has 2 atom stereocenters. The molecule has 0 saturated carbocycles. The SMILES string of the molecule is NC(=O)c1cc(Br)cnc1O[C@H]1CCN(C(=O)Cc2ccc(OC(F)(F)F)cc2)C[C@H]1F. The van der Waals surface area contributed by atoms with Crippen molar-refractivity contribution >= 4 is 27.7 Å². The molecule has 2 N–H and O–H groups in total. The number of hydrogen-bond acceptors (Lipinski definition) is 5. The van der Waals surface area contributed by atoms with Crippen molar-refractivity contribution in [2.24, 2.45) is 5.73 Å². The van der Waals surface area contributed by atoms with Gasteiger partial charge in [-0.15, -0.1) is 13.2 Å². The number of ether oxygens (including phenoxy) is 2. The van der Waals surface area contributed by atoms with E-state index in [2.05, 4.69) is 25.7 Å². The van der Waals surface area contributed by atoms with Gasteiger partial charge in [-0.05, 0) is 39.7 Å². The van der Waals surface area contributed by atoms with Crippen molar-refractivity contribution < 1.29 is 36.6 Å². The summed E-state index contributed by atoms with van der Waals surface area (Å²) in [4.78, 5) is 29.4. The Morgan fingerprint density at radius 3 is 2.53 bits per heavy atom. The lowest BCUT2D eigenvalue weighted by Crippen LogP contribution is -2.49. The first-order chi connectivity index (χ1) is 15.0. The number of pyridine rings is 1. The Morgan fingerprint density at radius 1 is 1.25 bits per heavy atom. The second-order valence-electron chi connectivity index (χ2n) is 7.04. The lowest BCUT2D eigenvalue weighted by molar-refractivity contribution is -0.274. The highest BCUT2D eigenvalue weighted by atomic mass is 79.9. The average Bonchev–Trinajstić information content (AvgIpc) is 2.70. The maximum absolute atomic E-state index is 14.7. The fraction of sp³-hybridized carbons (Fsp3) is 0.350. The number of nitrogens with zero attached hydrogens (tertiary/aromatic N) is 2. The topological polar surface area (TPSA) is 94.8 Å². The summed E-state index contributed by atoms with van der Waals surface area (Å²) in [6, 6.07) is 6.31. The predicted molar refractivity (Wildman–Crippen MR) is 108 cm³/mol. The van der Waals surface area contributed by atoms with E-state index in [-0.39, 0.29) is 43.3 Å². The minimum absolute atomic E-state index is 0.00281. The summed E-state index contributed by atoms with van der Waals surface area (Å²) >= 11 is 3.17. The number of alkyl halides is 4. The van der Waals surface area contributed by atoms with Crippen LogP contribution in [0.25, 0.3) is 0 Å². The van der Waals surface area contributed by atoms with Crippen LogP contribution in [0.5, 0.6) is 11.6 Å². The van der Waals surface area contributed by atoms with Crippen molar-refractivity contribution in [3.8, 4) is 11.6 Å². The summed E-state index contributed by atoms with van der Waals surface area (Å²) in [6.45, 7) is -0.0389. The van der Waals surface area contributed by atoms with E-state index < -0.39 is 30.3 Å². The van der Waals surface area contributed by atoms with E-state index in [0.29, 0.717) is 10.0 Å². The monoisotopic (exact) mass is 519 g/mol. The van der Waals surface area contributed by atoms with Gasteiger partial charge in [-0.2, -0.15) is 0 Å². The Labute approximate surface area is 188 Å². The molecule has 1 fully saturated rings. The van der Waals surface area contributed by atoms with Crippen LogP contribution in [0, 0.1) is 0 Å². The maximum Gasteiger partial charge on any atom is 0.573 e. The Morgan fingerprint density at radius 2 is 1.94 bits per heavy atom. The van der Waals surface area contributed by atoms with Crippen molar-refractivity contribution in [2.75, 3.05) is 13.1 Å². The number of benzene rings is 1. The van der Waals surface area contributed by atoms with Crippen LogP contribution in [0.3, 0.4) is 0 Å². The Bertz CT molecular complexity index is 988. The smallest absolute Gasteiger partial charge is 0.471 e. The Balaban J connectivity index is 1.57. The van der Waals surface area contributed by atoms with E-state index in [1.54, 1.807) is 0 Å². The van der Waals surface area contributed by atoms with Crippen molar-refractivity contribution in [3.63, 3.8) is 0 Å². The normalized spacial score (nSPS) is 18.8. The molecule has 0 radical (unpaired) electrons. The predicted octanol–water partition coefficient (Wildman–Crippen LogP) is 3.40. The second-order valence-corrected chi connectivity index (χ2v) is 7.96. The van der Waals surface area contributed by atoms with E-state index in [1.165, 1.54) is 29.3 Å². The largest absolute Gasteiger partial charge is 0.573 e. The number of likely N-dealkylation sites (tertiary alicyclic amines) is 1. The van der Waals surface area contributed by atoms with Gasteiger partial charge in [0.1, 0.15) is 17.4 Å². The molecule has 1 aromatic carbocycles. The second kappa shape index (κ2) is 9.72. The van der Waals surface area contributed by atoms with Gasteiger partial charge >= 0.3 is 6.36 Å².